The number of rotatable bonds is 3. The molecule has 0 saturated heterocycles. The van der Waals surface area contributed by atoms with E-state index in [1.54, 1.807) is 16.8 Å². The summed E-state index contributed by atoms with van der Waals surface area (Å²) in [6.45, 7) is 2.10. The van der Waals surface area contributed by atoms with Crippen LogP contribution in [0.3, 0.4) is 0 Å². The van der Waals surface area contributed by atoms with Gasteiger partial charge in [-0.15, -0.1) is 5.10 Å². The molecule has 4 nitrogen and oxygen atoms in total. The second kappa shape index (κ2) is 5.36. The van der Waals surface area contributed by atoms with Crippen molar-refractivity contribution in [3.8, 4) is 16.9 Å². The van der Waals surface area contributed by atoms with Crippen LogP contribution >= 0.6 is 0 Å². The van der Waals surface area contributed by atoms with Gasteiger partial charge >= 0.3 is 0 Å². The van der Waals surface area contributed by atoms with Crippen LogP contribution in [0.25, 0.3) is 16.9 Å². The van der Waals surface area contributed by atoms with Crippen LogP contribution in [-0.2, 0) is 6.42 Å². The third-order valence-electron chi connectivity index (χ3n) is 3.41. The van der Waals surface area contributed by atoms with Crippen LogP contribution in [0.5, 0.6) is 0 Å². The Morgan fingerprint density at radius 1 is 1.05 bits per heavy atom. The Labute approximate surface area is 122 Å². The molecule has 3 aromatic rings. The van der Waals surface area contributed by atoms with Gasteiger partial charge in [-0.05, 0) is 48.4 Å². The lowest BCUT2D eigenvalue weighted by molar-refractivity contribution is 0.628. The predicted octanol–water partition coefficient (Wildman–Crippen LogP) is 3.22. The summed E-state index contributed by atoms with van der Waals surface area (Å²) in [6.07, 6.45) is 0.980. The van der Waals surface area contributed by atoms with Gasteiger partial charge in [0.25, 0.3) is 0 Å². The number of benzene rings is 2. The highest BCUT2D eigenvalue weighted by Crippen LogP contribution is 2.25. The zero-order valence-corrected chi connectivity index (χ0v) is 11.6. The highest BCUT2D eigenvalue weighted by Gasteiger charge is 2.13. The summed E-state index contributed by atoms with van der Waals surface area (Å²) in [4.78, 5) is 0. The van der Waals surface area contributed by atoms with Crippen LogP contribution in [-0.4, -0.2) is 15.0 Å². The molecule has 0 amide bonds. The number of aromatic nitrogens is 3. The Hall–Kier alpha value is -2.69. The Bertz CT molecular complexity index is 745. The van der Waals surface area contributed by atoms with Crippen molar-refractivity contribution in [2.24, 2.45) is 0 Å². The quantitative estimate of drug-likeness (QED) is 0.802. The average molecular weight is 282 g/mol. The van der Waals surface area contributed by atoms with Crippen LogP contribution in [0.4, 0.5) is 10.2 Å². The summed E-state index contributed by atoms with van der Waals surface area (Å²) in [5.41, 5.74) is 9.51. The first-order valence-electron chi connectivity index (χ1n) is 6.75. The van der Waals surface area contributed by atoms with Gasteiger partial charge < -0.3 is 5.73 Å². The molecule has 1 heterocycles. The summed E-state index contributed by atoms with van der Waals surface area (Å²) in [7, 11) is 0. The molecule has 3 rings (SSSR count). The number of nitrogens with two attached hydrogens (primary N) is 1. The van der Waals surface area contributed by atoms with Crippen molar-refractivity contribution >= 4 is 5.82 Å². The first-order valence-corrected chi connectivity index (χ1v) is 6.75. The highest BCUT2D eigenvalue weighted by atomic mass is 19.1. The minimum absolute atomic E-state index is 0.292. The smallest absolute Gasteiger partial charge is 0.155 e. The maximum atomic E-state index is 13.0. The van der Waals surface area contributed by atoms with Crippen LogP contribution < -0.4 is 5.73 Å². The maximum Gasteiger partial charge on any atom is 0.155 e. The van der Waals surface area contributed by atoms with Gasteiger partial charge in [0, 0.05) is 5.56 Å². The molecule has 21 heavy (non-hydrogen) atoms. The first kappa shape index (κ1) is 13.3. The molecule has 0 aliphatic heterocycles. The second-order valence-corrected chi connectivity index (χ2v) is 4.76. The fraction of sp³-hybridized carbons (Fsp3) is 0.125. The molecule has 0 spiro atoms. The van der Waals surface area contributed by atoms with Gasteiger partial charge in [-0.25, -0.2) is 4.39 Å². The summed E-state index contributed by atoms with van der Waals surface area (Å²) in [6, 6.07) is 14.0. The first-order chi connectivity index (χ1) is 10.2. The third-order valence-corrected chi connectivity index (χ3v) is 3.41. The zero-order valence-electron chi connectivity index (χ0n) is 11.6. The SMILES string of the molecule is CCc1ccc(-n2nnc(-c3ccc(F)cc3)c2N)cc1. The molecule has 106 valence electrons. The molecule has 0 aliphatic carbocycles. The van der Waals surface area contributed by atoms with Crippen molar-refractivity contribution in [1.29, 1.82) is 0 Å². The van der Waals surface area contributed by atoms with Crippen molar-refractivity contribution in [2.75, 3.05) is 5.73 Å². The van der Waals surface area contributed by atoms with Crippen molar-refractivity contribution in [3.63, 3.8) is 0 Å². The molecule has 0 unspecified atom stereocenters. The van der Waals surface area contributed by atoms with Crippen LogP contribution in [0.15, 0.2) is 48.5 Å². The summed E-state index contributed by atoms with van der Waals surface area (Å²) in [5.74, 6) is 0.144. The van der Waals surface area contributed by atoms with E-state index in [9.17, 15) is 4.39 Å². The number of anilines is 1. The molecule has 5 heteroatoms. The molecular formula is C16H15FN4. The van der Waals surface area contributed by atoms with E-state index in [1.807, 2.05) is 24.3 Å². The van der Waals surface area contributed by atoms with Crippen LogP contribution in [0, 0.1) is 5.82 Å². The van der Waals surface area contributed by atoms with Crippen molar-refractivity contribution in [2.45, 2.75) is 13.3 Å². The minimum Gasteiger partial charge on any atom is -0.382 e. The van der Waals surface area contributed by atoms with Crippen molar-refractivity contribution < 1.29 is 4.39 Å². The molecule has 2 N–H and O–H groups in total. The minimum atomic E-state index is -0.292. The van der Waals surface area contributed by atoms with E-state index in [2.05, 4.69) is 17.2 Å². The highest BCUT2D eigenvalue weighted by molar-refractivity contribution is 5.70. The largest absolute Gasteiger partial charge is 0.382 e. The van der Waals surface area contributed by atoms with Gasteiger partial charge in [-0.3, -0.25) is 0 Å². The fourth-order valence-electron chi connectivity index (χ4n) is 2.17. The summed E-state index contributed by atoms with van der Waals surface area (Å²) >= 11 is 0. The average Bonchev–Trinajstić information content (AvgIpc) is 2.90. The Morgan fingerprint density at radius 2 is 1.71 bits per heavy atom. The molecule has 1 aromatic heterocycles. The van der Waals surface area contributed by atoms with Gasteiger partial charge in [0.2, 0.25) is 0 Å². The van der Waals surface area contributed by atoms with E-state index in [0.717, 1.165) is 17.7 Å². The molecule has 2 aromatic carbocycles. The molecular weight excluding hydrogens is 267 g/mol. The second-order valence-electron chi connectivity index (χ2n) is 4.76. The number of hydrogen-bond acceptors (Lipinski definition) is 3. The van der Waals surface area contributed by atoms with E-state index in [4.69, 9.17) is 5.73 Å². The van der Waals surface area contributed by atoms with E-state index in [1.165, 1.54) is 17.7 Å². The van der Waals surface area contributed by atoms with Crippen molar-refractivity contribution in [1.82, 2.24) is 15.0 Å². The molecule has 0 atom stereocenters. The molecule has 0 aliphatic rings. The van der Waals surface area contributed by atoms with Gasteiger partial charge in [-0.1, -0.05) is 24.3 Å². The number of nitrogens with zero attached hydrogens (tertiary/aromatic N) is 3. The lowest BCUT2D eigenvalue weighted by Crippen LogP contribution is -2.02. The number of aryl methyl sites for hydroxylation is 1. The standard InChI is InChI=1S/C16H15FN4/c1-2-11-3-9-14(10-4-11)21-16(18)15(19-20-21)12-5-7-13(17)8-6-12/h3-10H,2,18H2,1H3. The van der Waals surface area contributed by atoms with E-state index in [0.29, 0.717) is 11.5 Å². The molecule has 0 radical (unpaired) electrons. The summed E-state index contributed by atoms with van der Waals surface area (Å²) in [5, 5.41) is 8.19. The topological polar surface area (TPSA) is 56.7 Å². The summed E-state index contributed by atoms with van der Waals surface area (Å²) < 4.78 is 14.6. The molecule has 0 bridgehead atoms. The van der Waals surface area contributed by atoms with E-state index >= 15 is 0 Å². The number of hydrogen-bond donors (Lipinski definition) is 1. The lowest BCUT2D eigenvalue weighted by Gasteiger charge is -2.04. The Morgan fingerprint density at radius 3 is 2.33 bits per heavy atom. The van der Waals surface area contributed by atoms with E-state index < -0.39 is 0 Å². The Kier molecular flexibility index (Phi) is 3.39. The van der Waals surface area contributed by atoms with Gasteiger partial charge in [-0.2, -0.15) is 4.68 Å². The molecule has 0 saturated carbocycles. The van der Waals surface area contributed by atoms with E-state index in [-0.39, 0.29) is 5.82 Å². The van der Waals surface area contributed by atoms with Gasteiger partial charge in [0.1, 0.15) is 11.5 Å². The number of halogens is 1. The Balaban J connectivity index is 2.00. The van der Waals surface area contributed by atoms with Crippen LogP contribution in [0.1, 0.15) is 12.5 Å². The van der Waals surface area contributed by atoms with Crippen molar-refractivity contribution in [3.05, 3.63) is 59.9 Å². The molecule has 0 fully saturated rings. The third kappa shape index (κ3) is 2.50. The van der Waals surface area contributed by atoms with Crippen LogP contribution in [0.2, 0.25) is 0 Å². The van der Waals surface area contributed by atoms with Gasteiger partial charge in [0.05, 0.1) is 5.69 Å². The lowest BCUT2D eigenvalue weighted by atomic mass is 10.1. The predicted molar refractivity (Wildman–Crippen MR) is 80.5 cm³/mol. The fourth-order valence-corrected chi connectivity index (χ4v) is 2.17. The number of nitrogen functional groups attached to an aromatic ring is 1. The normalized spacial score (nSPS) is 10.8. The maximum absolute atomic E-state index is 13.0. The zero-order chi connectivity index (χ0) is 14.8. The van der Waals surface area contributed by atoms with Gasteiger partial charge in [0.15, 0.2) is 5.82 Å². The monoisotopic (exact) mass is 282 g/mol.